The van der Waals surface area contributed by atoms with Crippen LogP contribution in [-0.2, 0) is 4.74 Å². The summed E-state index contributed by atoms with van der Waals surface area (Å²) in [6, 6.07) is 5.95. The van der Waals surface area contributed by atoms with Gasteiger partial charge in [-0.3, -0.25) is 4.79 Å². The summed E-state index contributed by atoms with van der Waals surface area (Å²) in [7, 11) is 0. The Balaban J connectivity index is 2.01. The van der Waals surface area contributed by atoms with Crippen LogP contribution in [-0.4, -0.2) is 42.6 Å². The van der Waals surface area contributed by atoms with Crippen molar-refractivity contribution in [1.29, 1.82) is 0 Å². The lowest BCUT2D eigenvalue weighted by Crippen LogP contribution is -2.42. The normalized spacial score (nSPS) is 21.3. The highest BCUT2D eigenvalue weighted by Gasteiger charge is 2.26. The lowest BCUT2D eigenvalue weighted by atomic mass is 9.91. The molecule has 1 aromatic carbocycles. The standard InChI is InChI=1S/C21H34N2O2/c1-15-11-16(2)14-23(13-15)20(24)18-8-7-17(3)19(12-18)22-9-10-25-21(4,5)6/h7-8,12,15-16,22H,9-11,13-14H2,1-6H3. The molecule has 1 fully saturated rings. The Hall–Kier alpha value is -1.55. The van der Waals surface area contributed by atoms with Crippen molar-refractivity contribution >= 4 is 11.6 Å². The van der Waals surface area contributed by atoms with Gasteiger partial charge in [0.05, 0.1) is 12.2 Å². The van der Waals surface area contributed by atoms with Crippen molar-refractivity contribution < 1.29 is 9.53 Å². The molecule has 0 radical (unpaired) electrons. The number of hydrogen-bond acceptors (Lipinski definition) is 3. The molecule has 0 spiro atoms. The van der Waals surface area contributed by atoms with E-state index in [2.05, 4.69) is 46.9 Å². The molecular formula is C21H34N2O2. The first-order valence-corrected chi connectivity index (χ1v) is 9.43. The highest BCUT2D eigenvalue weighted by atomic mass is 16.5. The van der Waals surface area contributed by atoms with Gasteiger partial charge in [0.1, 0.15) is 0 Å². The zero-order chi connectivity index (χ0) is 18.6. The first-order chi connectivity index (χ1) is 11.7. The first-order valence-electron chi connectivity index (χ1n) is 9.43. The number of carbonyl (C=O) groups excluding carboxylic acids is 1. The number of piperidine rings is 1. The molecular weight excluding hydrogens is 312 g/mol. The van der Waals surface area contributed by atoms with Crippen molar-refractivity contribution in [2.45, 2.75) is 53.6 Å². The lowest BCUT2D eigenvalue weighted by molar-refractivity contribution is 0.00333. The van der Waals surface area contributed by atoms with E-state index in [1.165, 1.54) is 6.42 Å². The van der Waals surface area contributed by atoms with Gasteiger partial charge in [-0.25, -0.2) is 0 Å². The minimum Gasteiger partial charge on any atom is -0.382 e. The highest BCUT2D eigenvalue weighted by Crippen LogP contribution is 2.24. The third kappa shape index (κ3) is 6.03. The van der Waals surface area contributed by atoms with E-state index < -0.39 is 0 Å². The van der Waals surface area contributed by atoms with Crippen LogP contribution in [0.4, 0.5) is 5.69 Å². The molecule has 0 aromatic heterocycles. The molecule has 1 aliphatic rings. The number of hydrogen-bond donors (Lipinski definition) is 1. The monoisotopic (exact) mass is 346 g/mol. The molecule has 1 aromatic rings. The van der Waals surface area contributed by atoms with Gasteiger partial charge in [0.2, 0.25) is 0 Å². The summed E-state index contributed by atoms with van der Waals surface area (Å²) in [5, 5.41) is 3.41. The number of nitrogens with one attached hydrogen (secondary N) is 1. The molecule has 1 saturated heterocycles. The predicted molar refractivity (Wildman–Crippen MR) is 104 cm³/mol. The van der Waals surface area contributed by atoms with Crippen LogP contribution in [0.25, 0.3) is 0 Å². The van der Waals surface area contributed by atoms with Gasteiger partial charge in [0.15, 0.2) is 0 Å². The fourth-order valence-electron chi connectivity index (χ4n) is 3.50. The fourth-order valence-corrected chi connectivity index (χ4v) is 3.50. The van der Waals surface area contributed by atoms with Crippen LogP contribution in [0.5, 0.6) is 0 Å². The second-order valence-corrected chi connectivity index (χ2v) is 8.57. The van der Waals surface area contributed by atoms with Crippen LogP contribution in [0, 0.1) is 18.8 Å². The maximum atomic E-state index is 12.9. The van der Waals surface area contributed by atoms with E-state index in [4.69, 9.17) is 4.74 Å². The summed E-state index contributed by atoms with van der Waals surface area (Å²) >= 11 is 0. The molecule has 4 nitrogen and oxygen atoms in total. The second-order valence-electron chi connectivity index (χ2n) is 8.57. The van der Waals surface area contributed by atoms with Crippen molar-refractivity contribution in [1.82, 2.24) is 4.90 Å². The molecule has 0 aliphatic carbocycles. The summed E-state index contributed by atoms with van der Waals surface area (Å²) in [5.41, 5.74) is 2.80. The zero-order valence-corrected chi connectivity index (χ0v) is 16.7. The average molecular weight is 347 g/mol. The molecule has 1 amide bonds. The van der Waals surface area contributed by atoms with Crippen LogP contribution in [0.3, 0.4) is 0 Å². The molecule has 1 N–H and O–H groups in total. The quantitative estimate of drug-likeness (QED) is 0.806. The van der Waals surface area contributed by atoms with Gasteiger partial charge in [0, 0.05) is 30.9 Å². The van der Waals surface area contributed by atoms with Crippen molar-refractivity contribution in [2.75, 3.05) is 31.6 Å². The molecule has 4 heteroatoms. The number of amides is 1. The third-order valence-corrected chi connectivity index (χ3v) is 4.59. The van der Waals surface area contributed by atoms with Crippen LogP contribution in [0.15, 0.2) is 18.2 Å². The maximum absolute atomic E-state index is 12.9. The molecule has 0 saturated carbocycles. The van der Waals surface area contributed by atoms with Gasteiger partial charge in [-0.15, -0.1) is 0 Å². The van der Waals surface area contributed by atoms with Crippen LogP contribution < -0.4 is 5.32 Å². The Morgan fingerprint density at radius 3 is 2.48 bits per heavy atom. The van der Waals surface area contributed by atoms with E-state index >= 15 is 0 Å². The smallest absolute Gasteiger partial charge is 0.253 e. The Morgan fingerprint density at radius 1 is 1.24 bits per heavy atom. The van der Waals surface area contributed by atoms with Crippen molar-refractivity contribution in [2.24, 2.45) is 11.8 Å². The number of ether oxygens (including phenoxy) is 1. The minimum absolute atomic E-state index is 0.129. The number of anilines is 1. The van der Waals surface area contributed by atoms with E-state index in [9.17, 15) is 4.79 Å². The molecule has 25 heavy (non-hydrogen) atoms. The summed E-state index contributed by atoms with van der Waals surface area (Å²) < 4.78 is 5.75. The van der Waals surface area contributed by atoms with Gasteiger partial charge >= 0.3 is 0 Å². The van der Waals surface area contributed by atoms with Crippen molar-refractivity contribution in [3.05, 3.63) is 29.3 Å². The van der Waals surface area contributed by atoms with E-state index in [1.807, 2.05) is 23.1 Å². The van der Waals surface area contributed by atoms with E-state index in [-0.39, 0.29) is 11.5 Å². The van der Waals surface area contributed by atoms with E-state index in [1.54, 1.807) is 0 Å². The van der Waals surface area contributed by atoms with Crippen LogP contribution in [0.1, 0.15) is 57.0 Å². The largest absolute Gasteiger partial charge is 0.382 e. The van der Waals surface area contributed by atoms with Crippen molar-refractivity contribution in [3.8, 4) is 0 Å². The van der Waals surface area contributed by atoms with Gasteiger partial charge in [-0.05, 0) is 63.6 Å². The number of nitrogens with zero attached hydrogens (tertiary/aromatic N) is 1. The summed E-state index contributed by atoms with van der Waals surface area (Å²) in [4.78, 5) is 14.9. The average Bonchev–Trinajstić information content (AvgIpc) is 2.50. The van der Waals surface area contributed by atoms with Gasteiger partial charge in [-0.2, -0.15) is 0 Å². The molecule has 2 unspecified atom stereocenters. The fraction of sp³-hybridized carbons (Fsp3) is 0.667. The molecule has 2 atom stereocenters. The number of aryl methyl sites for hydroxylation is 1. The molecule has 1 heterocycles. The Kier molecular flexibility index (Phi) is 6.50. The minimum atomic E-state index is -0.129. The summed E-state index contributed by atoms with van der Waals surface area (Å²) in [5.74, 6) is 1.29. The topological polar surface area (TPSA) is 41.6 Å². The number of likely N-dealkylation sites (tertiary alicyclic amines) is 1. The number of carbonyl (C=O) groups is 1. The Labute approximate surface area is 152 Å². The van der Waals surface area contributed by atoms with Crippen LogP contribution >= 0.6 is 0 Å². The number of benzene rings is 1. The number of rotatable bonds is 5. The van der Waals surface area contributed by atoms with Gasteiger partial charge < -0.3 is 15.0 Å². The first kappa shape index (κ1) is 19.8. The molecule has 1 aliphatic heterocycles. The van der Waals surface area contributed by atoms with E-state index in [0.29, 0.717) is 18.4 Å². The maximum Gasteiger partial charge on any atom is 0.253 e. The SMILES string of the molecule is Cc1ccc(C(=O)N2CC(C)CC(C)C2)cc1NCCOC(C)(C)C. The third-order valence-electron chi connectivity index (χ3n) is 4.59. The highest BCUT2D eigenvalue weighted by molar-refractivity contribution is 5.95. The Bertz CT molecular complexity index is 582. The van der Waals surface area contributed by atoms with E-state index in [0.717, 1.165) is 36.4 Å². The van der Waals surface area contributed by atoms with Crippen molar-refractivity contribution in [3.63, 3.8) is 0 Å². The summed E-state index contributed by atoms with van der Waals surface area (Å²) in [6.45, 7) is 15.8. The second kappa shape index (κ2) is 8.22. The predicted octanol–water partition coefficient (Wildman–Crippen LogP) is 4.34. The zero-order valence-electron chi connectivity index (χ0n) is 16.7. The lowest BCUT2D eigenvalue weighted by Gasteiger charge is -2.35. The van der Waals surface area contributed by atoms with Gasteiger partial charge in [-0.1, -0.05) is 19.9 Å². The Morgan fingerprint density at radius 2 is 1.88 bits per heavy atom. The molecule has 140 valence electrons. The van der Waals surface area contributed by atoms with Gasteiger partial charge in [0.25, 0.3) is 5.91 Å². The summed E-state index contributed by atoms with van der Waals surface area (Å²) in [6.07, 6.45) is 1.21. The van der Waals surface area contributed by atoms with Crippen LogP contribution in [0.2, 0.25) is 0 Å². The molecule has 2 rings (SSSR count). The molecule has 0 bridgehead atoms.